The fourth-order valence-corrected chi connectivity index (χ4v) is 2.79. The van der Waals surface area contributed by atoms with Gasteiger partial charge in [-0.25, -0.2) is 4.98 Å². The van der Waals surface area contributed by atoms with Gasteiger partial charge in [-0.05, 0) is 42.5 Å². The summed E-state index contributed by atoms with van der Waals surface area (Å²) in [5.74, 6) is 0.749. The molecule has 0 aliphatic heterocycles. The van der Waals surface area contributed by atoms with Crippen molar-refractivity contribution in [3.05, 3.63) is 45.8 Å². The SMILES string of the molecule is CCCNCc1cc(CC)nc(OCCc2cccs2)c1. The van der Waals surface area contributed by atoms with Crippen molar-refractivity contribution < 1.29 is 4.74 Å². The van der Waals surface area contributed by atoms with E-state index in [0.29, 0.717) is 6.61 Å². The Morgan fingerprint density at radius 2 is 2.19 bits per heavy atom. The number of hydrogen-bond donors (Lipinski definition) is 1. The predicted molar refractivity (Wildman–Crippen MR) is 89.1 cm³/mol. The Hall–Kier alpha value is -1.39. The minimum Gasteiger partial charge on any atom is -0.477 e. The Bertz CT molecular complexity index is 526. The molecule has 0 radical (unpaired) electrons. The molecule has 0 aliphatic rings. The zero-order chi connectivity index (χ0) is 14.9. The van der Waals surface area contributed by atoms with Crippen molar-refractivity contribution in [3.8, 4) is 5.88 Å². The molecule has 2 aromatic rings. The summed E-state index contributed by atoms with van der Waals surface area (Å²) >= 11 is 1.77. The summed E-state index contributed by atoms with van der Waals surface area (Å²) in [6, 6.07) is 8.43. The van der Waals surface area contributed by atoms with E-state index in [4.69, 9.17) is 4.74 Å². The number of nitrogens with one attached hydrogen (secondary N) is 1. The van der Waals surface area contributed by atoms with Gasteiger partial charge in [0.05, 0.1) is 6.61 Å². The molecule has 2 aromatic heterocycles. The van der Waals surface area contributed by atoms with E-state index in [0.717, 1.165) is 43.9 Å². The quantitative estimate of drug-likeness (QED) is 0.715. The molecule has 0 amide bonds. The molecule has 1 N–H and O–H groups in total. The highest BCUT2D eigenvalue weighted by Gasteiger charge is 2.04. The molecule has 0 saturated heterocycles. The van der Waals surface area contributed by atoms with Crippen LogP contribution in [0.2, 0.25) is 0 Å². The molecule has 4 heteroatoms. The van der Waals surface area contributed by atoms with E-state index in [1.54, 1.807) is 11.3 Å². The second-order valence-corrected chi connectivity index (χ2v) is 6.05. The maximum Gasteiger partial charge on any atom is 0.213 e. The van der Waals surface area contributed by atoms with Crippen molar-refractivity contribution in [1.29, 1.82) is 0 Å². The zero-order valence-corrected chi connectivity index (χ0v) is 13.7. The van der Waals surface area contributed by atoms with Crippen molar-refractivity contribution in [1.82, 2.24) is 10.3 Å². The van der Waals surface area contributed by atoms with Crippen LogP contribution in [0.3, 0.4) is 0 Å². The van der Waals surface area contributed by atoms with Gasteiger partial charge in [-0.2, -0.15) is 0 Å². The summed E-state index contributed by atoms with van der Waals surface area (Å²) in [6.07, 6.45) is 3.03. The third kappa shape index (κ3) is 5.48. The maximum absolute atomic E-state index is 5.84. The molecule has 114 valence electrons. The van der Waals surface area contributed by atoms with Crippen molar-refractivity contribution in [2.75, 3.05) is 13.2 Å². The lowest BCUT2D eigenvalue weighted by Crippen LogP contribution is -2.14. The van der Waals surface area contributed by atoms with Gasteiger partial charge in [-0.1, -0.05) is 19.9 Å². The smallest absolute Gasteiger partial charge is 0.213 e. The van der Waals surface area contributed by atoms with Gasteiger partial charge in [0.2, 0.25) is 5.88 Å². The minimum absolute atomic E-state index is 0.683. The molecule has 3 nitrogen and oxygen atoms in total. The van der Waals surface area contributed by atoms with Gasteiger partial charge in [0.15, 0.2) is 0 Å². The maximum atomic E-state index is 5.84. The molecule has 0 atom stereocenters. The second kappa shape index (κ2) is 8.80. The topological polar surface area (TPSA) is 34.2 Å². The van der Waals surface area contributed by atoms with E-state index in [1.807, 2.05) is 0 Å². The van der Waals surface area contributed by atoms with E-state index in [-0.39, 0.29) is 0 Å². The van der Waals surface area contributed by atoms with Crippen molar-refractivity contribution in [3.63, 3.8) is 0 Å². The number of rotatable bonds is 9. The lowest BCUT2D eigenvalue weighted by Gasteiger charge is -2.10. The first-order chi connectivity index (χ1) is 10.3. The Balaban J connectivity index is 1.92. The van der Waals surface area contributed by atoms with E-state index in [1.165, 1.54) is 10.4 Å². The van der Waals surface area contributed by atoms with Gasteiger partial charge < -0.3 is 10.1 Å². The highest BCUT2D eigenvalue weighted by molar-refractivity contribution is 7.09. The first-order valence-electron chi connectivity index (χ1n) is 7.67. The molecule has 0 spiro atoms. The standard InChI is InChI=1S/C17H24N2OS/c1-3-8-18-13-14-11-15(4-2)19-17(12-14)20-9-7-16-6-5-10-21-16/h5-6,10-12,18H,3-4,7-9,13H2,1-2H3. The van der Waals surface area contributed by atoms with Crippen LogP contribution < -0.4 is 10.1 Å². The van der Waals surface area contributed by atoms with E-state index in [2.05, 4.69) is 53.8 Å². The molecule has 0 unspecified atom stereocenters. The van der Waals surface area contributed by atoms with Crippen LogP contribution >= 0.6 is 11.3 Å². The average Bonchev–Trinajstić information content (AvgIpc) is 3.01. The van der Waals surface area contributed by atoms with Crippen molar-refractivity contribution in [2.45, 2.75) is 39.7 Å². The summed E-state index contributed by atoms with van der Waals surface area (Å²) in [5.41, 5.74) is 2.35. The first-order valence-corrected chi connectivity index (χ1v) is 8.55. The molecule has 2 rings (SSSR count). The summed E-state index contributed by atoms with van der Waals surface area (Å²) in [6.45, 7) is 6.91. The summed E-state index contributed by atoms with van der Waals surface area (Å²) in [7, 11) is 0. The fraction of sp³-hybridized carbons (Fsp3) is 0.471. The minimum atomic E-state index is 0.683. The summed E-state index contributed by atoms with van der Waals surface area (Å²) in [5, 5.41) is 5.53. The molecule has 0 aliphatic carbocycles. The monoisotopic (exact) mass is 304 g/mol. The van der Waals surface area contributed by atoms with E-state index >= 15 is 0 Å². The van der Waals surface area contributed by atoms with Crippen LogP contribution in [0.4, 0.5) is 0 Å². The van der Waals surface area contributed by atoms with Crippen LogP contribution in [0.25, 0.3) is 0 Å². The van der Waals surface area contributed by atoms with Crippen LogP contribution in [0, 0.1) is 0 Å². The second-order valence-electron chi connectivity index (χ2n) is 5.01. The highest BCUT2D eigenvalue weighted by atomic mass is 32.1. The molecular formula is C17H24N2OS. The first kappa shape index (κ1) is 16.0. The average molecular weight is 304 g/mol. The largest absolute Gasteiger partial charge is 0.477 e. The summed E-state index contributed by atoms with van der Waals surface area (Å²) in [4.78, 5) is 5.91. The van der Waals surface area contributed by atoms with Crippen LogP contribution in [0.15, 0.2) is 29.6 Å². The molecule has 21 heavy (non-hydrogen) atoms. The molecule has 0 fully saturated rings. The normalized spacial score (nSPS) is 10.8. The van der Waals surface area contributed by atoms with Crippen molar-refractivity contribution >= 4 is 11.3 Å². The van der Waals surface area contributed by atoms with Gasteiger partial charge in [0.25, 0.3) is 0 Å². The highest BCUT2D eigenvalue weighted by Crippen LogP contribution is 2.15. The van der Waals surface area contributed by atoms with Crippen LogP contribution in [-0.2, 0) is 19.4 Å². The number of hydrogen-bond acceptors (Lipinski definition) is 4. The Kier molecular flexibility index (Phi) is 6.70. The zero-order valence-electron chi connectivity index (χ0n) is 12.9. The number of aryl methyl sites for hydroxylation is 1. The molecule has 0 bridgehead atoms. The molecule has 0 saturated carbocycles. The predicted octanol–water partition coefficient (Wildman–Crippen LogP) is 3.83. The molecule has 0 aromatic carbocycles. The Morgan fingerprint density at radius 1 is 1.29 bits per heavy atom. The number of nitrogens with zero attached hydrogens (tertiary/aromatic N) is 1. The van der Waals surface area contributed by atoms with Gasteiger partial charge in [0, 0.05) is 29.6 Å². The Morgan fingerprint density at radius 3 is 2.90 bits per heavy atom. The van der Waals surface area contributed by atoms with Crippen LogP contribution in [-0.4, -0.2) is 18.1 Å². The van der Waals surface area contributed by atoms with E-state index in [9.17, 15) is 0 Å². The Labute approximate surface area is 131 Å². The van der Waals surface area contributed by atoms with Gasteiger partial charge in [-0.3, -0.25) is 0 Å². The lowest BCUT2D eigenvalue weighted by atomic mass is 10.2. The van der Waals surface area contributed by atoms with Gasteiger partial charge in [-0.15, -0.1) is 11.3 Å². The number of ether oxygens (including phenoxy) is 1. The number of aromatic nitrogens is 1. The number of pyridine rings is 1. The summed E-state index contributed by atoms with van der Waals surface area (Å²) < 4.78 is 5.84. The number of thiophene rings is 1. The third-order valence-electron chi connectivity index (χ3n) is 3.21. The fourth-order valence-electron chi connectivity index (χ4n) is 2.10. The van der Waals surface area contributed by atoms with Crippen LogP contribution in [0.5, 0.6) is 5.88 Å². The molecular weight excluding hydrogens is 280 g/mol. The third-order valence-corrected chi connectivity index (χ3v) is 4.15. The van der Waals surface area contributed by atoms with Gasteiger partial charge in [0.1, 0.15) is 0 Å². The van der Waals surface area contributed by atoms with Crippen LogP contribution in [0.1, 0.15) is 36.4 Å². The van der Waals surface area contributed by atoms with Crippen molar-refractivity contribution in [2.24, 2.45) is 0 Å². The van der Waals surface area contributed by atoms with E-state index < -0.39 is 0 Å². The van der Waals surface area contributed by atoms with Gasteiger partial charge >= 0.3 is 0 Å². The lowest BCUT2D eigenvalue weighted by molar-refractivity contribution is 0.309. The molecule has 2 heterocycles.